The summed E-state index contributed by atoms with van der Waals surface area (Å²) >= 11 is 0. The molecule has 0 unspecified atom stereocenters. The van der Waals surface area contributed by atoms with Gasteiger partial charge in [-0.3, -0.25) is 4.98 Å². The van der Waals surface area contributed by atoms with Gasteiger partial charge in [0.2, 0.25) is 5.88 Å². The highest BCUT2D eigenvalue weighted by Gasteiger charge is 2.02. The maximum atomic E-state index is 5.69. The van der Waals surface area contributed by atoms with Crippen LogP contribution in [-0.2, 0) is 12.8 Å². The predicted molar refractivity (Wildman–Crippen MR) is 73.9 cm³/mol. The lowest BCUT2D eigenvalue weighted by Gasteiger charge is -2.07. The van der Waals surface area contributed by atoms with Crippen LogP contribution in [0.25, 0.3) is 0 Å². The van der Waals surface area contributed by atoms with Crippen LogP contribution in [0.5, 0.6) is 5.88 Å². The van der Waals surface area contributed by atoms with Gasteiger partial charge in [-0.15, -0.1) is 0 Å². The topological polar surface area (TPSA) is 73.9 Å². The first kappa shape index (κ1) is 13.3. The third-order valence-corrected chi connectivity index (χ3v) is 2.69. The minimum absolute atomic E-state index is 0.455. The second-order valence-corrected chi connectivity index (χ2v) is 4.21. The van der Waals surface area contributed by atoms with Gasteiger partial charge in [0.1, 0.15) is 11.6 Å². The van der Waals surface area contributed by atoms with Crippen molar-refractivity contribution in [3.05, 3.63) is 42.0 Å². The first-order chi connectivity index (χ1) is 9.28. The van der Waals surface area contributed by atoms with E-state index in [1.165, 1.54) is 5.56 Å². The Morgan fingerprint density at radius 2 is 2.00 bits per heavy atom. The second-order valence-electron chi connectivity index (χ2n) is 4.21. The SMILES string of the molecule is CCc1nc(N)cc(OCCCc2ccncc2)n1. The molecule has 5 nitrogen and oxygen atoms in total. The van der Waals surface area contributed by atoms with Crippen LogP contribution in [0.3, 0.4) is 0 Å². The monoisotopic (exact) mass is 258 g/mol. The zero-order valence-electron chi connectivity index (χ0n) is 11.0. The first-order valence-electron chi connectivity index (χ1n) is 6.43. The van der Waals surface area contributed by atoms with Gasteiger partial charge >= 0.3 is 0 Å². The Labute approximate surface area is 112 Å². The van der Waals surface area contributed by atoms with Gasteiger partial charge in [0, 0.05) is 24.9 Å². The molecule has 2 aromatic heterocycles. The zero-order chi connectivity index (χ0) is 13.5. The van der Waals surface area contributed by atoms with Gasteiger partial charge in [0.15, 0.2) is 0 Å². The molecule has 0 aliphatic carbocycles. The molecule has 100 valence electrons. The van der Waals surface area contributed by atoms with Crippen LogP contribution >= 0.6 is 0 Å². The molecule has 0 aliphatic heterocycles. The standard InChI is InChI=1S/C14H18N4O/c1-2-13-17-12(15)10-14(18-13)19-9-3-4-11-5-7-16-8-6-11/h5-8,10H,2-4,9H2,1H3,(H2,15,17,18). The van der Waals surface area contributed by atoms with Crippen molar-refractivity contribution in [2.24, 2.45) is 0 Å². The molecular weight excluding hydrogens is 240 g/mol. The molecule has 2 aromatic rings. The molecule has 0 amide bonds. The number of ether oxygens (including phenoxy) is 1. The van der Waals surface area contributed by atoms with Crippen LogP contribution in [0, 0.1) is 0 Å². The molecule has 5 heteroatoms. The number of nitrogens with two attached hydrogens (primary N) is 1. The van der Waals surface area contributed by atoms with Gasteiger partial charge in [-0.2, -0.15) is 4.98 Å². The largest absolute Gasteiger partial charge is 0.478 e. The maximum absolute atomic E-state index is 5.69. The number of nitrogen functional groups attached to an aromatic ring is 1. The molecule has 0 aromatic carbocycles. The highest BCUT2D eigenvalue weighted by molar-refractivity contribution is 5.32. The smallest absolute Gasteiger partial charge is 0.218 e. The number of anilines is 1. The molecule has 0 radical (unpaired) electrons. The van der Waals surface area contributed by atoms with Crippen LogP contribution < -0.4 is 10.5 Å². The van der Waals surface area contributed by atoms with Crippen LogP contribution in [0.15, 0.2) is 30.6 Å². The van der Waals surface area contributed by atoms with Crippen LogP contribution in [0.1, 0.15) is 24.7 Å². The van der Waals surface area contributed by atoms with Crippen molar-refractivity contribution in [3.63, 3.8) is 0 Å². The number of nitrogens with zero attached hydrogens (tertiary/aromatic N) is 3. The van der Waals surface area contributed by atoms with E-state index in [2.05, 4.69) is 15.0 Å². The number of hydrogen-bond acceptors (Lipinski definition) is 5. The van der Waals surface area contributed by atoms with Gasteiger partial charge in [0.25, 0.3) is 0 Å². The summed E-state index contributed by atoms with van der Waals surface area (Å²) in [6.07, 6.45) is 6.24. The summed E-state index contributed by atoms with van der Waals surface area (Å²) in [7, 11) is 0. The molecule has 19 heavy (non-hydrogen) atoms. The number of hydrogen-bond donors (Lipinski definition) is 1. The summed E-state index contributed by atoms with van der Waals surface area (Å²) in [6.45, 7) is 2.60. The van der Waals surface area contributed by atoms with E-state index in [9.17, 15) is 0 Å². The van der Waals surface area contributed by atoms with Gasteiger partial charge in [-0.25, -0.2) is 4.98 Å². The zero-order valence-corrected chi connectivity index (χ0v) is 11.0. The van der Waals surface area contributed by atoms with E-state index in [0.717, 1.165) is 19.3 Å². The molecule has 0 spiro atoms. The van der Waals surface area contributed by atoms with Gasteiger partial charge in [0.05, 0.1) is 6.61 Å². The molecule has 2 heterocycles. The summed E-state index contributed by atoms with van der Waals surface area (Å²) in [5, 5.41) is 0. The summed E-state index contributed by atoms with van der Waals surface area (Å²) in [6, 6.07) is 5.68. The van der Waals surface area contributed by atoms with E-state index in [1.54, 1.807) is 18.5 Å². The van der Waals surface area contributed by atoms with Crippen molar-refractivity contribution in [1.29, 1.82) is 0 Å². The van der Waals surface area contributed by atoms with Gasteiger partial charge in [-0.05, 0) is 30.5 Å². The quantitative estimate of drug-likeness (QED) is 0.802. The van der Waals surface area contributed by atoms with Crippen molar-refractivity contribution in [2.75, 3.05) is 12.3 Å². The number of pyridine rings is 1. The first-order valence-corrected chi connectivity index (χ1v) is 6.43. The molecule has 0 aliphatic rings. The lowest BCUT2D eigenvalue weighted by Crippen LogP contribution is -2.05. The molecule has 0 saturated heterocycles. The van der Waals surface area contributed by atoms with Crippen molar-refractivity contribution in [1.82, 2.24) is 15.0 Å². The Bertz CT molecular complexity index is 516. The Balaban J connectivity index is 1.81. The third kappa shape index (κ3) is 4.21. The third-order valence-electron chi connectivity index (χ3n) is 2.69. The predicted octanol–water partition coefficient (Wildman–Crippen LogP) is 2.03. The fourth-order valence-corrected chi connectivity index (χ4v) is 1.73. The normalized spacial score (nSPS) is 10.4. The summed E-state index contributed by atoms with van der Waals surface area (Å²) in [5.74, 6) is 1.72. The van der Waals surface area contributed by atoms with E-state index in [-0.39, 0.29) is 0 Å². The number of aromatic nitrogens is 3. The van der Waals surface area contributed by atoms with Gasteiger partial charge in [-0.1, -0.05) is 6.92 Å². The maximum Gasteiger partial charge on any atom is 0.218 e. The summed E-state index contributed by atoms with van der Waals surface area (Å²) < 4.78 is 5.60. The number of rotatable bonds is 6. The average Bonchev–Trinajstić information content (AvgIpc) is 2.44. The Hall–Kier alpha value is -2.17. The highest BCUT2D eigenvalue weighted by atomic mass is 16.5. The van der Waals surface area contributed by atoms with E-state index in [0.29, 0.717) is 24.1 Å². The summed E-state index contributed by atoms with van der Waals surface area (Å²) in [5.41, 5.74) is 6.95. The lowest BCUT2D eigenvalue weighted by atomic mass is 10.1. The second kappa shape index (κ2) is 6.68. The van der Waals surface area contributed by atoms with E-state index < -0.39 is 0 Å². The van der Waals surface area contributed by atoms with Crippen LogP contribution in [-0.4, -0.2) is 21.6 Å². The Morgan fingerprint density at radius 3 is 2.74 bits per heavy atom. The number of aryl methyl sites for hydroxylation is 2. The van der Waals surface area contributed by atoms with Crippen LogP contribution in [0.4, 0.5) is 5.82 Å². The van der Waals surface area contributed by atoms with Gasteiger partial charge < -0.3 is 10.5 Å². The van der Waals surface area contributed by atoms with E-state index in [1.807, 2.05) is 19.1 Å². The molecule has 0 bridgehead atoms. The minimum Gasteiger partial charge on any atom is -0.478 e. The fourth-order valence-electron chi connectivity index (χ4n) is 1.73. The highest BCUT2D eigenvalue weighted by Crippen LogP contribution is 2.12. The molecule has 0 atom stereocenters. The molecule has 0 fully saturated rings. The Morgan fingerprint density at radius 1 is 1.21 bits per heavy atom. The van der Waals surface area contributed by atoms with E-state index in [4.69, 9.17) is 10.5 Å². The van der Waals surface area contributed by atoms with Crippen molar-refractivity contribution in [3.8, 4) is 5.88 Å². The summed E-state index contributed by atoms with van der Waals surface area (Å²) in [4.78, 5) is 12.4. The average molecular weight is 258 g/mol. The fraction of sp³-hybridized carbons (Fsp3) is 0.357. The molecule has 2 N–H and O–H groups in total. The van der Waals surface area contributed by atoms with Crippen molar-refractivity contribution in [2.45, 2.75) is 26.2 Å². The van der Waals surface area contributed by atoms with Crippen molar-refractivity contribution >= 4 is 5.82 Å². The molecule has 2 rings (SSSR count). The lowest BCUT2D eigenvalue weighted by molar-refractivity contribution is 0.298. The molecular formula is C14H18N4O. The molecule has 0 saturated carbocycles. The Kier molecular flexibility index (Phi) is 4.66. The van der Waals surface area contributed by atoms with Crippen molar-refractivity contribution < 1.29 is 4.74 Å². The van der Waals surface area contributed by atoms with E-state index >= 15 is 0 Å². The minimum atomic E-state index is 0.455. The van der Waals surface area contributed by atoms with Crippen LogP contribution in [0.2, 0.25) is 0 Å².